The van der Waals surface area contributed by atoms with Crippen LogP contribution in [0, 0.1) is 6.92 Å². The lowest BCUT2D eigenvalue weighted by Gasteiger charge is -2.21. The van der Waals surface area contributed by atoms with Crippen molar-refractivity contribution in [3.63, 3.8) is 0 Å². The number of aryl methyl sites for hydroxylation is 1. The smallest absolute Gasteiger partial charge is 0.0958 e. The van der Waals surface area contributed by atoms with Crippen molar-refractivity contribution >= 4 is 0 Å². The highest BCUT2D eigenvalue weighted by atomic mass is 15.1. The third-order valence-corrected chi connectivity index (χ3v) is 5.29. The molecule has 2 heteroatoms. The molecule has 1 aliphatic carbocycles. The molecule has 1 fully saturated rings. The second kappa shape index (κ2) is 6.64. The average molecular weight is 316 g/mol. The van der Waals surface area contributed by atoms with Crippen molar-refractivity contribution in [2.45, 2.75) is 44.6 Å². The molecule has 0 radical (unpaired) electrons. The Hall–Kier alpha value is -2.35. The van der Waals surface area contributed by atoms with Crippen LogP contribution in [0.2, 0.25) is 0 Å². The highest BCUT2D eigenvalue weighted by Crippen LogP contribution is 2.35. The molecular weight excluding hydrogens is 292 g/mol. The van der Waals surface area contributed by atoms with E-state index in [1.165, 1.54) is 48.1 Å². The first kappa shape index (κ1) is 15.2. The van der Waals surface area contributed by atoms with Crippen LogP contribution in [0.5, 0.6) is 0 Å². The van der Waals surface area contributed by atoms with Gasteiger partial charge in [0.2, 0.25) is 0 Å². The molecule has 0 aliphatic heterocycles. The maximum atomic E-state index is 4.76. The first-order chi connectivity index (χ1) is 11.8. The van der Waals surface area contributed by atoms with E-state index in [4.69, 9.17) is 4.98 Å². The minimum atomic E-state index is 0.190. The fourth-order valence-electron chi connectivity index (χ4n) is 3.97. The fraction of sp³-hybridized carbons (Fsp3) is 0.318. The molecule has 3 aromatic rings. The lowest BCUT2D eigenvalue weighted by Crippen LogP contribution is -2.12. The van der Waals surface area contributed by atoms with Crippen LogP contribution in [0.3, 0.4) is 0 Å². The third kappa shape index (κ3) is 2.89. The largest absolute Gasteiger partial charge is 0.326 e. The molecule has 0 saturated heterocycles. The van der Waals surface area contributed by atoms with Crippen LogP contribution < -0.4 is 0 Å². The van der Waals surface area contributed by atoms with Gasteiger partial charge in [-0.2, -0.15) is 0 Å². The monoisotopic (exact) mass is 316 g/mol. The Morgan fingerprint density at radius 2 is 1.67 bits per heavy atom. The van der Waals surface area contributed by atoms with Gasteiger partial charge in [-0.15, -0.1) is 0 Å². The Balaban J connectivity index is 1.77. The van der Waals surface area contributed by atoms with E-state index in [0.717, 1.165) is 0 Å². The van der Waals surface area contributed by atoms with E-state index in [2.05, 4.69) is 72.3 Å². The van der Waals surface area contributed by atoms with Gasteiger partial charge in [0, 0.05) is 12.1 Å². The van der Waals surface area contributed by atoms with Gasteiger partial charge in [0.25, 0.3) is 0 Å². The number of nitrogens with zero attached hydrogens (tertiary/aromatic N) is 2. The minimum Gasteiger partial charge on any atom is -0.326 e. The fourth-order valence-corrected chi connectivity index (χ4v) is 3.97. The Morgan fingerprint density at radius 1 is 0.958 bits per heavy atom. The third-order valence-electron chi connectivity index (χ3n) is 5.29. The Kier molecular flexibility index (Phi) is 4.20. The summed E-state index contributed by atoms with van der Waals surface area (Å²) in [5.41, 5.74) is 5.24. The molecule has 24 heavy (non-hydrogen) atoms. The molecule has 1 atom stereocenters. The molecule has 0 amide bonds. The Bertz CT molecular complexity index is 798. The van der Waals surface area contributed by atoms with Crippen LogP contribution in [-0.4, -0.2) is 9.55 Å². The second-order valence-electron chi connectivity index (χ2n) is 6.90. The number of benzene rings is 2. The maximum absolute atomic E-state index is 4.76. The Labute approximate surface area is 144 Å². The summed E-state index contributed by atoms with van der Waals surface area (Å²) >= 11 is 0. The Morgan fingerprint density at radius 3 is 2.42 bits per heavy atom. The lowest BCUT2D eigenvalue weighted by atomic mass is 9.95. The zero-order valence-corrected chi connectivity index (χ0v) is 14.2. The van der Waals surface area contributed by atoms with Gasteiger partial charge in [0.1, 0.15) is 0 Å². The van der Waals surface area contributed by atoms with Gasteiger partial charge in [-0.25, -0.2) is 4.98 Å². The molecule has 2 nitrogen and oxygen atoms in total. The zero-order chi connectivity index (χ0) is 16.4. The quantitative estimate of drug-likeness (QED) is 0.622. The number of imidazole rings is 1. The zero-order valence-electron chi connectivity index (χ0n) is 14.2. The molecule has 1 aromatic heterocycles. The van der Waals surface area contributed by atoms with Gasteiger partial charge < -0.3 is 4.57 Å². The summed E-state index contributed by atoms with van der Waals surface area (Å²) < 4.78 is 2.30. The molecule has 1 heterocycles. The molecule has 4 rings (SSSR count). The summed E-state index contributed by atoms with van der Waals surface area (Å²) in [4.78, 5) is 4.76. The highest BCUT2D eigenvalue weighted by molar-refractivity contribution is 5.38. The van der Waals surface area contributed by atoms with Crippen molar-refractivity contribution in [1.82, 2.24) is 9.55 Å². The van der Waals surface area contributed by atoms with Crippen LogP contribution in [-0.2, 0) is 0 Å². The van der Waals surface area contributed by atoms with E-state index in [0.29, 0.717) is 5.92 Å². The van der Waals surface area contributed by atoms with Crippen molar-refractivity contribution in [2.24, 2.45) is 0 Å². The molecule has 1 saturated carbocycles. The van der Waals surface area contributed by atoms with Crippen molar-refractivity contribution < 1.29 is 0 Å². The summed E-state index contributed by atoms with van der Waals surface area (Å²) in [6.45, 7) is 2.19. The molecule has 2 aromatic carbocycles. The number of rotatable bonds is 4. The van der Waals surface area contributed by atoms with Gasteiger partial charge in [-0.1, -0.05) is 67.4 Å². The summed E-state index contributed by atoms with van der Waals surface area (Å²) in [7, 11) is 0. The number of hydrogen-bond donors (Lipinski definition) is 0. The molecule has 1 unspecified atom stereocenters. The van der Waals surface area contributed by atoms with E-state index < -0.39 is 0 Å². The van der Waals surface area contributed by atoms with Crippen molar-refractivity contribution in [1.29, 1.82) is 0 Å². The van der Waals surface area contributed by atoms with Crippen LogP contribution in [0.1, 0.15) is 60.0 Å². The number of aromatic nitrogens is 2. The van der Waals surface area contributed by atoms with E-state index in [9.17, 15) is 0 Å². The van der Waals surface area contributed by atoms with Gasteiger partial charge in [-0.05, 0) is 36.5 Å². The first-order valence-corrected chi connectivity index (χ1v) is 8.97. The standard InChI is InChI=1S/C22H24N2/c1-17-9-5-8-14-20(17)22(19-12-3-2-4-13-19)24-15-21(23-16-24)18-10-6-7-11-18/h2-5,8-9,12-16,18,22H,6-7,10-11H2,1H3. The van der Waals surface area contributed by atoms with Crippen molar-refractivity contribution in [3.05, 3.63) is 89.5 Å². The van der Waals surface area contributed by atoms with Gasteiger partial charge in [-0.3, -0.25) is 0 Å². The second-order valence-corrected chi connectivity index (χ2v) is 6.90. The summed E-state index contributed by atoms with van der Waals surface area (Å²) in [5, 5.41) is 0. The number of hydrogen-bond acceptors (Lipinski definition) is 1. The normalized spacial score (nSPS) is 16.4. The van der Waals surface area contributed by atoms with E-state index >= 15 is 0 Å². The van der Waals surface area contributed by atoms with Crippen molar-refractivity contribution in [3.8, 4) is 0 Å². The molecule has 122 valence electrons. The van der Waals surface area contributed by atoms with E-state index in [-0.39, 0.29) is 6.04 Å². The summed E-state index contributed by atoms with van der Waals surface area (Å²) in [5.74, 6) is 0.652. The van der Waals surface area contributed by atoms with E-state index in [1.807, 2.05) is 6.33 Å². The van der Waals surface area contributed by atoms with Crippen LogP contribution in [0.25, 0.3) is 0 Å². The summed E-state index contributed by atoms with van der Waals surface area (Å²) in [6.07, 6.45) is 9.57. The lowest BCUT2D eigenvalue weighted by molar-refractivity contribution is 0.665. The first-order valence-electron chi connectivity index (χ1n) is 8.97. The van der Waals surface area contributed by atoms with Crippen molar-refractivity contribution in [2.75, 3.05) is 0 Å². The topological polar surface area (TPSA) is 17.8 Å². The maximum Gasteiger partial charge on any atom is 0.0958 e. The van der Waals surface area contributed by atoms with Crippen LogP contribution in [0.4, 0.5) is 0 Å². The predicted octanol–water partition coefficient (Wildman–Crippen LogP) is 5.49. The molecule has 0 spiro atoms. The highest BCUT2D eigenvalue weighted by Gasteiger charge is 2.22. The molecule has 0 N–H and O–H groups in total. The van der Waals surface area contributed by atoms with E-state index in [1.54, 1.807) is 0 Å². The minimum absolute atomic E-state index is 0.190. The average Bonchev–Trinajstić information content (AvgIpc) is 3.29. The van der Waals surface area contributed by atoms with Gasteiger partial charge >= 0.3 is 0 Å². The SMILES string of the molecule is Cc1ccccc1C(c1ccccc1)n1cnc(C2CCCC2)c1. The predicted molar refractivity (Wildman–Crippen MR) is 98.3 cm³/mol. The molecule has 1 aliphatic rings. The van der Waals surface area contributed by atoms with Gasteiger partial charge in [0.15, 0.2) is 0 Å². The summed E-state index contributed by atoms with van der Waals surface area (Å²) in [6, 6.07) is 19.6. The van der Waals surface area contributed by atoms with Crippen LogP contribution >= 0.6 is 0 Å². The molecular formula is C22H24N2. The van der Waals surface area contributed by atoms with Crippen LogP contribution in [0.15, 0.2) is 67.1 Å². The molecule has 0 bridgehead atoms. The van der Waals surface area contributed by atoms with Gasteiger partial charge in [0.05, 0.1) is 18.1 Å².